The summed E-state index contributed by atoms with van der Waals surface area (Å²) >= 11 is 2.22. The highest BCUT2D eigenvalue weighted by molar-refractivity contribution is 14.1. The number of benzene rings is 3. The average Bonchev–Trinajstić information content (AvgIpc) is 2.63. The predicted molar refractivity (Wildman–Crippen MR) is 115 cm³/mol. The van der Waals surface area contributed by atoms with Gasteiger partial charge in [0.25, 0.3) is 0 Å². The summed E-state index contributed by atoms with van der Waals surface area (Å²) in [4.78, 5) is 14.3. The predicted octanol–water partition coefficient (Wildman–Crippen LogP) is 4.52. The van der Waals surface area contributed by atoms with Gasteiger partial charge >= 0.3 is 0 Å². The van der Waals surface area contributed by atoms with Crippen molar-refractivity contribution in [3.63, 3.8) is 0 Å². The maximum absolute atomic E-state index is 12.3. The summed E-state index contributed by atoms with van der Waals surface area (Å²) in [5.74, 6) is 0.844. The van der Waals surface area contributed by atoms with E-state index in [0.717, 1.165) is 20.4 Å². The molecule has 0 heterocycles. The van der Waals surface area contributed by atoms with Gasteiger partial charge in [0, 0.05) is 10.1 Å². The minimum absolute atomic E-state index is 0.0119. The van der Waals surface area contributed by atoms with Crippen LogP contribution < -0.4 is 10.1 Å². The number of carbonyl (C=O) groups is 1. The van der Waals surface area contributed by atoms with E-state index in [9.17, 15) is 4.79 Å². The molecule has 3 aromatic carbocycles. The van der Waals surface area contributed by atoms with Gasteiger partial charge in [-0.25, -0.2) is 0 Å². The van der Waals surface area contributed by atoms with E-state index in [1.165, 1.54) is 10.9 Å². The molecule has 4 nitrogen and oxygen atoms in total. The highest BCUT2D eigenvalue weighted by atomic mass is 127. The molecule has 3 rings (SSSR count). The molecule has 0 radical (unpaired) electrons. The van der Waals surface area contributed by atoms with Crippen molar-refractivity contribution in [3.8, 4) is 5.75 Å². The van der Waals surface area contributed by atoms with Crippen LogP contribution in [0.5, 0.6) is 5.75 Å². The van der Waals surface area contributed by atoms with E-state index in [2.05, 4.69) is 52.2 Å². The van der Waals surface area contributed by atoms with Gasteiger partial charge in [-0.1, -0.05) is 30.3 Å². The SMILES string of the molecule is COc1ccc2cc(CN(C)CC(=O)Nc3ccccc3I)ccc2c1. The molecule has 0 spiro atoms. The summed E-state index contributed by atoms with van der Waals surface area (Å²) in [6.45, 7) is 1.05. The van der Waals surface area contributed by atoms with Crippen molar-refractivity contribution >= 4 is 45.0 Å². The fraction of sp³-hybridized carbons (Fsp3) is 0.190. The Morgan fingerprint density at radius 2 is 1.81 bits per heavy atom. The first-order valence-corrected chi connectivity index (χ1v) is 9.42. The Kier molecular flexibility index (Phi) is 6.11. The topological polar surface area (TPSA) is 41.6 Å². The van der Waals surface area contributed by atoms with Gasteiger partial charge in [-0.3, -0.25) is 9.69 Å². The van der Waals surface area contributed by atoms with Crippen LogP contribution in [0.1, 0.15) is 5.56 Å². The van der Waals surface area contributed by atoms with E-state index in [1.807, 2.05) is 48.3 Å². The summed E-state index contributed by atoms with van der Waals surface area (Å²) in [5.41, 5.74) is 2.03. The molecule has 1 amide bonds. The summed E-state index contributed by atoms with van der Waals surface area (Å²) in [5, 5.41) is 5.28. The number of anilines is 1. The zero-order valence-corrected chi connectivity index (χ0v) is 17.0. The molecular formula is C21H21IN2O2. The molecule has 0 unspecified atom stereocenters. The van der Waals surface area contributed by atoms with Crippen LogP contribution in [-0.4, -0.2) is 31.5 Å². The lowest BCUT2D eigenvalue weighted by Crippen LogP contribution is -2.30. The number of methoxy groups -OCH3 is 1. The Balaban J connectivity index is 1.62. The standard InChI is InChI=1S/C21H21IN2O2/c1-24(14-21(25)23-20-6-4-3-5-19(20)22)13-15-7-8-17-12-18(26-2)10-9-16(17)11-15/h3-12H,13-14H2,1-2H3,(H,23,25). The molecule has 0 aliphatic heterocycles. The average molecular weight is 460 g/mol. The first-order valence-electron chi connectivity index (χ1n) is 8.35. The second kappa shape index (κ2) is 8.51. The van der Waals surface area contributed by atoms with Crippen molar-refractivity contribution in [2.75, 3.05) is 26.0 Å². The lowest BCUT2D eigenvalue weighted by atomic mass is 10.1. The second-order valence-corrected chi connectivity index (χ2v) is 7.41. The molecule has 26 heavy (non-hydrogen) atoms. The smallest absolute Gasteiger partial charge is 0.238 e. The Morgan fingerprint density at radius 3 is 2.58 bits per heavy atom. The fourth-order valence-corrected chi connectivity index (χ4v) is 3.39. The van der Waals surface area contributed by atoms with Crippen LogP contribution in [0.3, 0.4) is 0 Å². The molecule has 0 saturated carbocycles. The van der Waals surface area contributed by atoms with Crippen molar-refractivity contribution in [1.82, 2.24) is 4.90 Å². The fourth-order valence-electron chi connectivity index (χ4n) is 2.86. The van der Waals surface area contributed by atoms with Crippen LogP contribution in [0.4, 0.5) is 5.69 Å². The highest BCUT2D eigenvalue weighted by Gasteiger charge is 2.09. The summed E-state index contributed by atoms with van der Waals surface area (Å²) < 4.78 is 6.30. The molecule has 1 N–H and O–H groups in total. The largest absolute Gasteiger partial charge is 0.497 e. The number of halogens is 1. The van der Waals surface area contributed by atoms with Gasteiger partial charge in [0.1, 0.15) is 5.75 Å². The van der Waals surface area contributed by atoms with Gasteiger partial charge in [-0.15, -0.1) is 0 Å². The Bertz CT molecular complexity index is 927. The van der Waals surface area contributed by atoms with Gasteiger partial charge in [-0.2, -0.15) is 0 Å². The molecule has 0 fully saturated rings. The molecule has 0 bridgehead atoms. The number of likely N-dealkylation sites (N-methyl/N-ethyl adjacent to an activating group) is 1. The molecule has 0 aromatic heterocycles. The minimum Gasteiger partial charge on any atom is -0.497 e. The van der Waals surface area contributed by atoms with Crippen LogP contribution in [0.25, 0.3) is 10.8 Å². The summed E-state index contributed by atoms with van der Waals surface area (Å²) in [6.07, 6.45) is 0. The van der Waals surface area contributed by atoms with Crippen LogP contribution in [-0.2, 0) is 11.3 Å². The van der Waals surface area contributed by atoms with Gasteiger partial charge in [0.05, 0.1) is 19.3 Å². The highest BCUT2D eigenvalue weighted by Crippen LogP contribution is 2.22. The van der Waals surface area contributed by atoms with Crippen LogP contribution in [0, 0.1) is 3.57 Å². The molecule has 0 aliphatic rings. The van der Waals surface area contributed by atoms with Crippen LogP contribution in [0.2, 0.25) is 0 Å². The van der Waals surface area contributed by atoms with E-state index >= 15 is 0 Å². The maximum atomic E-state index is 12.3. The lowest BCUT2D eigenvalue weighted by Gasteiger charge is -2.17. The van der Waals surface area contributed by atoms with Crippen molar-refractivity contribution in [2.24, 2.45) is 0 Å². The quantitative estimate of drug-likeness (QED) is 0.550. The van der Waals surface area contributed by atoms with Crippen molar-refractivity contribution in [3.05, 3.63) is 69.8 Å². The maximum Gasteiger partial charge on any atom is 0.238 e. The number of fused-ring (bicyclic) bond motifs is 1. The van der Waals surface area contributed by atoms with E-state index in [-0.39, 0.29) is 5.91 Å². The van der Waals surface area contributed by atoms with Crippen molar-refractivity contribution in [2.45, 2.75) is 6.54 Å². The number of nitrogens with zero attached hydrogens (tertiary/aromatic N) is 1. The number of amides is 1. The van der Waals surface area contributed by atoms with E-state index in [0.29, 0.717) is 13.1 Å². The summed E-state index contributed by atoms with van der Waals surface area (Å²) in [6, 6.07) is 20.2. The number of rotatable bonds is 6. The van der Waals surface area contributed by atoms with Crippen molar-refractivity contribution in [1.29, 1.82) is 0 Å². The Labute approximate surface area is 167 Å². The second-order valence-electron chi connectivity index (χ2n) is 6.25. The zero-order chi connectivity index (χ0) is 18.5. The molecule has 3 aromatic rings. The molecule has 0 saturated heterocycles. The number of carbonyl (C=O) groups excluding carboxylic acids is 1. The third kappa shape index (κ3) is 4.74. The third-order valence-corrected chi connectivity index (χ3v) is 5.07. The van der Waals surface area contributed by atoms with Crippen LogP contribution in [0.15, 0.2) is 60.7 Å². The van der Waals surface area contributed by atoms with Gasteiger partial charge in [0.15, 0.2) is 0 Å². The molecule has 0 atom stereocenters. The number of hydrogen-bond donors (Lipinski definition) is 1. The monoisotopic (exact) mass is 460 g/mol. The molecule has 5 heteroatoms. The Morgan fingerprint density at radius 1 is 1.08 bits per heavy atom. The summed E-state index contributed by atoms with van der Waals surface area (Å²) in [7, 11) is 3.62. The molecule has 134 valence electrons. The van der Waals surface area contributed by atoms with E-state index < -0.39 is 0 Å². The van der Waals surface area contributed by atoms with Crippen LogP contribution >= 0.6 is 22.6 Å². The number of hydrogen-bond acceptors (Lipinski definition) is 3. The number of ether oxygens (including phenoxy) is 1. The normalized spacial score (nSPS) is 10.9. The number of para-hydroxylation sites is 1. The van der Waals surface area contributed by atoms with Crippen molar-refractivity contribution < 1.29 is 9.53 Å². The van der Waals surface area contributed by atoms with E-state index in [4.69, 9.17) is 4.74 Å². The molecule has 0 aliphatic carbocycles. The van der Waals surface area contributed by atoms with E-state index in [1.54, 1.807) is 7.11 Å². The molecular weight excluding hydrogens is 439 g/mol. The third-order valence-electron chi connectivity index (χ3n) is 4.13. The minimum atomic E-state index is -0.0119. The van der Waals surface area contributed by atoms with Gasteiger partial charge < -0.3 is 10.1 Å². The zero-order valence-electron chi connectivity index (χ0n) is 14.8. The lowest BCUT2D eigenvalue weighted by molar-refractivity contribution is -0.117. The first kappa shape index (κ1) is 18.7. The first-order chi connectivity index (χ1) is 12.5. The van der Waals surface area contributed by atoms with Gasteiger partial charge in [0.2, 0.25) is 5.91 Å². The Hall–Kier alpha value is -2.12. The number of nitrogens with one attached hydrogen (secondary N) is 1. The van der Waals surface area contributed by atoms with Gasteiger partial charge in [-0.05, 0) is 76.3 Å².